The highest BCUT2D eigenvalue weighted by atomic mass is 15.2. The zero-order valence-electron chi connectivity index (χ0n) is 15.7. The van der Waals surface area contributed by atoms with Crippen molar-refractivity contribution in [2.45, 2.75) is 13.5 Å². The lowest BCUT2D eigenvalue weighted by molar-refractivity contribution is 0.907. The summed E-state index contributed by atoms with van der Waals surface area (Å²) in [6.45, 7) is 2.84. The second-order valence-electron chi connectivity index (χ2n) is 6.81. The van der Waals surface area contributed by atoms with Crippen LogP contribution in [0.5, 0.6) is 0 Å². The van der Waals surface area contributed by atoms with Gasteiger partial charge in [-0.25, -0.2) is 4.98 Å². The van der Waals surface area contributed by atoms with Crippen LogP contribution < -0.4 is 5.32 Å². The molecule has 1 aromatic heterocycles. The van der Waals surface area contributed by atoms with Crippen molar-refractivity contribution in [3.05, 3.63) is 96.2 Å². The van der Waals surface area contributed by atoms with Crippen molar-refractivity contribution in [3.63, 3.8) is 0 Å². The topological polar surface area (TPSA) is 29.9 Å². The molecule has 0 amide bonds. The Morgan fingerprint density at radius 1 is 0.778 bits per heavy atom. The predicted molar refractivity (Wildman–Crippen MR) is 113 cm³/mol. The first kappa shape index (κ1) is 17.1. The van der Waals surface area contributed by atoms with Gasteiger partial charge in [0.15, 0.2) is 0 Å². The molecule has 3 nitrogen and oxygen atoms in total. The lowest BCUT2D eigenvalue weighted by atomic mass is 10.0. The van der Waals surface area contributed by atoms with Crippen molar-refractivity contribution in [2.75, 3.05) is 5.32 Å². The summed E-state index contributed by atoms with van der Waals surface area (Å²) in [6, 6.07) is 27.6. The zero-order chi connectivity index (χ0) is 18.6. The molecule has 0 bridgehead atoms. The Morgan fingerprint density at radius 2 is 1.41 bits per heavy atom. The summed E-state index contributed by atoms with van der Waals surface area (Å²) >= 11 is 0. The van der Waals surface area contributed by atoms with Crippen LogP contribution in [-0.2, 0) is 13.6 Å². The average Bonchev–Trinajstić information content (AvgIpc) is 3.08. The minimum Gasteiger partial charge on any atom is -0.352 e. The molecule has 0 spiro atoms. The van der Waals surface area contributed by atoms with E-state index in [4.69, 9.17) is 0 Å². The SMILES string of the molecule is Cc1ccc(-c2cnc(NCc3ccc(-c4ccccc4)cc3)n2C)cc1. The standard InChI is InChI=1S/C24H23N3/c1-18-8-12-22(13-9-18)23-17-26-24(27(23)2)25-16-19-10-14-21(15-11-19)20-6-4-3-5-7-20/h3-15,17H,16H2,1-2H3,(H,25,26). The maximum atomic E-state index is 4.55. The van der Waals surface area contributed by atoms with E-state index in [1.54, 1.807) is 0 Å². The van der Waals surface area contributed by atoms with Crippen LogP contribution in [0.3, 0.4) is 0 Å². The maximum absolute atomic E-state index is 4.55. The Morgan fingerprint density at radius 3 is 2.11 bits per heavy atom. The number of imidazole rings is 1. The second-order valence-corrected chi connectivity index (χ2v) is 6.81. The van der Waals surface area contributed by atoms with Gasteiger partial charge in [-0.3, -0.25) is 0 Å². The van der Waals surface area contributed by atoms with Gasteiger partial charge in [0, 0.05) is 13.6 Å². The molecule has 0 radical (unpaired) electrons. The fourth-order valence-electron chi connectivity index (χ4n) is 3.19. The van der Waals surface area contributed by atoms with Crippen molar-refractivity contribution >= 4 is 5.95 Å². The molecule has 3 aromatic carbocycles. The first-order chi connectivity index (χ1) is 13.2. The summed E-state index contributed by atoms with van der Waals surface area (Å²) in [5.74, 6) is 0.873. The number of benzene rings is 3. The summed E-state index contributed by atoms with van der Waals surface area (Å²) in [6.07, 6.45) is 1.92. The molecule has 0 unspecified atom stereocenters. The fraction of sp³-hybridized carbons (Fsp3) is 0.125. The normalized spacial score (nSPS) is 10.7. The maximum Gasteiger partial charge on any atom is 0.203 e. The minimum atomic E-state index is 0.743. The summed E-state index contributed by atoms with van der Waals surface area (Å²) in [7, 11) is 2.04. The molecule has 0 aliphatic rings. The average molecular weight is 353 g/mol. The molecule has 4 rings (SSSR count). The number of hydrogen-bond acceptors (Lipinski definition) is 2. The number of aromatic nitrogens is 2. The Bertz CT molecular complexity index is 1010. The van der Waals surface area contributed by atoms with Crippen molar-refractivity contribution in [2.24, 2.45) is 7.05 Å². The Kier molecular flexibility index (Phi) is 4.75. The Labute approximate surface area is 160 Å². The van der Waals surface area contributed by atoms with Crippen LogP contribution in [0.2, 0.25) is 0 Å². The van der Waals surface area contributed by atoms with Crippen molar-refractivity contribution in [3.8, 4) is 22.4 Å². The van der Waals surface area contributed by atoms with Crippen LogP contribution in [-0.4, -0.2) is 9.55 Å². The third-order valence-corrected chi connectivity index (χ3v) is 4.85. The molecule has 0 aliphatic heterocycles. The summed E-state index contributed by atoms with van der Waals surface area (Å²) in [5.41, 5.74) is 7.25. The number of nitrogens with one attached hydrogen (secondary N) is 1. The van der Waals surface area contributed by atoms with E-state index in [1.807, 2.05) is 19.3 Å². The molecular formula is C24H23N3. The Balaban J connectivity index is 1.45. The number of aryl methyl sites for hydroxylation is 1. The van der Waals surface area contributed by atoms with Gasteiger partial charge < -0.3 is 9.88 Å². The van der Waals surface area contributed by atoms with E-state index >= 15 is 0 Å². The van der Waals surface area contributed by atoms with Gasteiger partial charge >= 0.3 is 0 Å². The highest BCUT2D eigenvalue weighted by molar-refractivity contribution is 5.64. The molecule has 0 saturated carbocycles. The van der Waals surface area contributed by atoms with Crippen LogP contribution in [0.1, 0.15) is 11.1 Å². The van der Waals surface area contributed by atoms with E-state index in [0.717, 1.165) is 18.2 Å². The third kappa shape index (κ3) is 3.77. The molecule has 0 fully saturated rings. The van der Waals surface area contributed by atoms with E-state index in [0.29, 0.717) is 0 Å². The molecule has 4 aromatic rings. The molecule has 27 heavy (non-hydrogen) atoms. The van der Waals surface area contributed by atoms with Gasteiger partial charge in [0.25, 0.3) is 0 Å². The lowest BCUT2D eigenvalue weighted by Crippen LogP contribution is -2.05. The molecule has 1 heterocycles. The molecular weight excluding hydrogens is 330 g/mol. The van der Waals surface area contributed by atoms with Crippen LogP contribution in [0.25, 0.3) is 22.4 Å². The molecule has 1 N–H and O–H groups in total. The van der Waals surface area contributed by atoms with Crippen molar-refractivity contribution < 1.29 is 0 Å². The van der Waals surface area contributed by atoms with E-state index < -0.39 is 0 Å². The highest BCUT2D eigenvalue weighted by Crippen LogP contribution is 2.23. The summed E-state index contributed by atoms with van der Waals surface area (Å²) in [5, 5.41) is 3.44. The summed E-state index contributed by atoms with van der Waals surface area (Å²) < 4.78 is 2.10. The number of nitrogens with zero attached hydrogens (tertiary/aromatic N) is 2. The van der Waals surface area contributed by atoms with Crippen LogP contribution in [0.4, 0.5) is 5.95 Å². The van der Waals surface area contributed by atoms with E-state index in [2.05, 4.69) is 94.6 Å². The Hall–Kier alpha value is -3.33. The number of hydrogen-bond donors (Lipinski definition) is 1. The van der Waals surface area contributed by atoms with Gasteiger partial charge in [-0.15, -0.1) is 0 Å². The van der Waals surface area contributed by atoms with Gasteiger partial charge in [0.2, 0.25) is 5.95 Å². The van der Waals surface area contributed by atoms with Gasteiger partial charge in [0.05, 0.1) is 11.9 Å². The summed E-state index contributed by atoms with van der Waals surface area (Å²) in [4.78, 5) is 4.55. The number of anilines is 1. The van der Waals surface area contributed by atoms with Crippen molar-refractivity contribution in [1.29, 1.82) is 0 Å². The molecule has 3 heteroatoms. The third-order valence-electron chi connectivity index (χ3n) is 4.85. The largest absolute Gasteiger partial charge is 0.352 e. The second kappa shape index (κ2) is 7.50. The molecule has 0 aliphatic carbocycles. The smallest absolute Gasteiger partial charge is 0.203 e. The molecule has 134 valence electrons. The lowest BCUT2D eigenvalue weighted by Gasteiger charge is -2.09. The quantitative estimate of drug-likeness (QED) is 0.500. The minimum absolute atomic E-state index is 0.743. The number of rotatable bonds is 5. The fourth-order valence-corrected chi connectivity index (χ4v) is 3.19. The predicted octanol–water partition coefficient (Wildman–Crippen LogP) is 5.67. The van der Waals surface area contributed by atoms with Gasteiger partial charge in [0.1, 0.15) is 0 Å². The first-order valence-electron chi connectivity index (χ1n) is 9.18. The van der Waals surface area contributed by atoms with Gasteiger partial charge in [-0.2, -0.15) is 0 Å². The van der Waals surface area contributed by atoms with Crippen LogP contribution in [0, 0.1) is 6.92 Å². The molecule has 0 saturated heterocycles. The van der Waals surface area contributed by atoms with E-state index in [9.17, 15) is 0 Å². The zero-order valence-corrected chi connectivity index (χ0v) is 15.7. The van der Waals surface area contributed by atoms with Gasteiger partial charge in [-0.1, -0.05) is 84.4 Å². The van der Waals surface area contributed by atoms with Crippen LogP contribution in [0.15, 0.2) is 85.1 Å². The van der Waals surface area contributed by atoms with Gasteiger partial charge in [-0.05, 0) is 29.2 Å². The highest BCUT2D eigenvalue weighted by Gasteiger charge is 2.08. The van der Waals surface area contributed by atoms with E-state index in [1.165, 1.54) is 27.8 Å². The van der Waals surface area contributed by atoms with Crippen LogP contribution >= 0.6 is 0 Å². The first-order valence-corrected chi connectivity index (χ1v) is 9.18. The molecule has 0 atom stereocenters. The van der Waals surface area contributed by atoms with E-state index in [-0.39, 0.29) is 0 Å². The van der Waals surface area contributed by atoms with Crippen molar-refractivity contribution in [1.82, 2.24) is 9.55 Å². The monoisotopic (exact) mass is 353 g/mol.